The number of halogens is 3. The monoisotopic (exact) mass is 409 g/mol. The largest absolute Gasteiger partial charge is 0.417 e. The molecule has 0 unspecified atom stereocenters. The van der Waals surface area contributed by atoms with Crippen LogP contribution in [-0.4, -0.2) is 16.8 Å². The average Bonchev–Trinajstić information content (AvgIpc) is 2.51. The van der Waals surface area contributed by atoms with E-state index < -0.39 is 47.3 Å². The smallest absolute Gasteiger partial charge is 0.398 e. The van der Waals surface area contributed by atoms with Crippen LogP contribution in [0.3, 0.4) is 0 Å². The maximum absolute atomic E-state index is 13.0. The second-order valence-corrected chi connectivity index (χ2v) is 8.50. The molecule has 0 radical (unpaired) electrons. The summed E-state index contributed by atoms with van der Waals surface area (Å²) in [6.07, 6.45) is -5.09. The highest BCUT2D eigenvalue weighted by Crippen LogP contribution is 2.37. The molecule has 0 atom stereocenters. The Morgan fingerprint density at radius 3 is 2.04 bits per heavy atom. The quantitative estimate of drug-likeness (QED) is 0.643. The molecule has 5 N–H and O–H groups in total. The first-order valence-electron chi connectivity index (χ1n) is 6.89. The van der Waals surface area contributed by atoms with Crippen LogP contribution in [0.5, 0.6) is 0 Å². The van der Waals surface area contributed by atoms with E-state index in [1.807, 2.05) is 0 Å². The lowest BCUT2D eigenvalue weighted by Gasteiger charge is -2.16. The van der Waals surface area contributed by atoms with Gasteiger partial charge in [0, 0.05) is 6.54 Å². The van der Waals surface area contributed by atoms with Crippen molar-refractivity contribution in [1.29, 1.82) is 0 Å². The van der Waals surface area contributed by atoms with Crippen LogP contribution in [0.4, 0.5) is 18.9 Å². The number of sulfonamides is 2. The Morgan fingerprint density at radius 2 is 1.54 bits per heavy atom. The standard InChI is InChI=1S/C14H14F3N3O4S2/c15-14(16,17)10-6-11(18)13(7-12(10)25(19,21)22)26(23,24)20-8-9-4-2-1-3-5-9/h1-7,20H,8,18H2,(H2,19,21,22). The van der Waals surface area contributed by atoms with Crippen LogP contribution in [0.1, 0.15) is 11.1 Å². The fourth-order valence-corrected chi connectivity index (χ4v) is 4.11. The predicted octanol–water partition coefficient (Wildman–Crippen LogP) is 1.41. The maximum atomic E-state index is 13.0. The molecule has 0 saturated carbocycles. The van der Waals surface area contributed by atoms with Crippen LogP contribution in [0.2, 0.25) is 0 Å². The number of primary sulfonamides is 1. The number of nitrogens with two attached hydrogens (primary N) is 2. The Balaban J connectivity index is 2.52. The van der Waals surface area contributed by atoms with Gasteiger partial charge < -0.3 is 5.73 Å². The minimum Gasteiger partial charge on any atom is -0.398 e. The van der Waals surface area contributed by atoms with E-state index in [4.69, 9.17) is 10.9 Å². The third-order valence-electron chi connectivity index (χ3n) is 3.32. The Bertz CT molecular complexity index is 1020. The Hall–Kier alpha value is -2.15. The minimum absolute atomic E-state index is 0.172. The van der Waals surface area contributed by atoms with Gasteiger partial charge in [0.25, 0.3) is 0 Å². The van der Waals surface area contributed by atoms with Crippen molar-refractivity contribution in [3.05, 3.63) is 53.6 Å². The van der Waals surface area contributed by atoms with E-state index in [1.54, 1.807) is 30.3 Å². The van der Waals surface area contributed by atoms with Crippen molar-refractivity contribution in [2.75, 3.05) is 5.73 Å². The molecule has 2 aromatic rings. The summed E-state index contributed by atoms with van der Waals surface area (Å²) in [4.78, 5) is -2.19. The lowest BCUT2D eigenvalue weighted by Crippen LogP contribution is -2.26. The van der Waals surface area contributed by atoms with Gasteiger partial charge in [0.2, 0.25) is 20.0 Å². The highest BCUT2D eigenvalue weighted by molar-refractivity contribution is 7.90. The second kappa shape index (κ2) is 6.87. The number of nitrogen functional groups attached to an aromatic ring is 1. The van der Waals surface area contributed by atoms with Gasteiger partial charge in [0.05, 0.1) is 16.1 Å². The molecule has 0 aliphatic carbocycles. The molecule has 2 aromatic carbocycles. The molecule has 0 fully saturated rings. The third kappa shape index (κ3) is 4.52. The van der Waals surface area contributed by atoms with Crippen molar-refractivity contribution in [2.24, 2.45) is 5.14 Å². The lowest BCUT2D eigenvalue weighted by atomic mass is 10.2. The molecular formula is C14H14F3N3O4S2. The van der Waals surface area contributed by atoms with Crippen molar-refractivity contribution in [3.8, 4) is 0 Å². The molecule has 0 amide bonds. The third-order valence-corrected chi connectivity index (χ3v) is 5.73. The number of hydrogen-bond donors (Lipinski definition) is 3. The van der Waals surface area contributed by atoms with E-state index in [-0.39, 0.29) is 12.6 Å². The van der Waals surface area contributed by atoms with Gasteiger partial charge in [-0.1, -0.05) is 30.3 Å². The van der Waals surface area contributed by atoms with E-state index in [0.29, 0.717) is 11.6 Å². The van der Waals surface area contributed by atoms with E-state index in [1.165, 1.54) is 0 Å². The number of nitrogens with one attached hydrogen (secondary N) is 1. The van der Waals surface area contributed by atoms with Crippen molar-refractivity contribution in [1.82, 2.24) is 4.72 Å². The summed E-state index contributed by atoms with van der Waals surface area (Å²) < 4.78 is 88.9. The normalized spacial score (nSPS) is 12.9. The second-order valence-electron chi connectivity index (χ2n) is 5.24. The predicted molar refractivity (Wildman–Crippen MR) is 87.7 cm³/mol. The van der Waals surface area contributed by atoms with Crippen LogP contribution in [0.15, 0.2) is 52.3 Å². The highest BCUT2D eigenvalue weighted by atomic mass is 32.2. The van der Waals surface area contributed by atoms with E-state index >= 15 is 0 Å². The maximum Gasteiger partial charge on any atom is 0.417 e. The van der Waals surface area contributed by atoms with Gasteiger partial charge in [0.1, 0.15) is 4.90 Å². The Labute approximate surface area is 147 Å². The first-order chi connectivity index (χ1) is 11.8. The van der Waals surface area contributed by atoms with Crippen molar-refractivity contribution in [2.45, 2.75) is 22.5 Å². The average molecular weight is 409 g/mol. The fraction of sp³-hybridized carbons (Fsp3) is 0.143. The number of anilines is 1. The SMILES string of the molecule is Nc1cc(C(F)(F)F)c(S(N)(=O)=O)cc1S(=O)(=O)NCc1ccccc1. The summed E-state index contributed by atoms with van der Waals surface area (Å²) >= 11 is 0. The molecule has 0 aliphatic heterocycles. The molecule has 12 heteroatoms. The van der Waals surface area contributed by atoms with Gasteiger partial charge >= 0.3 is 6.18 Å². The molecule has 26 heavy (non-hydrogen) atoms. The van der Waals surface area contributed by atoms with Crippen molar-refractivity contribution >= 4 is 25.7 Å². The summed E-state index contributed by atoms with van der Waals surface area (Å²) in [5, 5.41) is 4.80. The van der Waals surface area contributed by atoms with Crippen LogP contribution in [0, 0.1) is 0 Å². The van der Waals surface area contributed by atoms with Crippen LogP contribution in [0.25, 0.3) is 0 Å². The first-order valence-corrected chi connectivity index (χ1v) is 9.92. The molecule has 0 spiro atoms. The lowest BCUT2D eigenvalue weighted by molar-refractivity contribution is -0.139. The van der Waals surface area contributed by atoms with Gasteiger partial charge in [-0.2, -0.15) is 13.2 Å². The van der Waals surface area contributed by atoms with Crippen LogP contribution in [-0.2, 0) is 32.8 Å². The summed E-state index contributed by atoms with van der Waals surface area (Å²) in [5.74, 6) is 0. The van der Waals surface area contributed by atoms with Gasteiger partial charge in [0.15, 0.2) is 0 Å². The van der Waals surface area contributed by atoms with Gasteiger partial charge in [-0.25, -0.2) is 26.7 Å². The zero-order chi connectivity index (χ0) is 19.8. The molecule has 0 saturated heterocycles. The zero-order valence-corrected chi connectivity index (χ0v) is 14.6. The number of alkyl halides is 3. The Kier molecular flexibility index (Phi) is 5.33. The fourth-order valence-electron chi connectivity index (χ4n) is 2.12. The zero-order valence-electron chi connectivity index (χ0n) is 13.0. The van der Waals surface area contributed by atoms with Crippen LogP contribution >= 0.6 is 0 Å². The van der Waals surface area contributed by atoms with Crippen molar-refractivity contribution < 1.29 is 30.0 Å². The number of rotatable bonds is 5. The first kappa shape index (κ1) is 20.2. The van der Waals surface area contributed by atoms with E-state index in [0.717, 1.165) is 0 Å². The molecule has 0 heterocycles. The molecule has 0 aliphatic rings. The van der Waals surface area contributed by atoms with Crippen molar-refractivity contribution in [3.63, 3.8) is 0 Å². The molecule has 0 bridgehead atoms. The summed E-state index contributed by atoms with van der Waals surface area (Å²) in [6, 6.07) is 8.81. The molecular weight excluding hydrogens is 395 g/mol. The van der Waals surface area contributed by atoms with Crippen LogP contribution < -0.4 is 15.6 Å². The topological polar surface area (TPSA) is 132 Å². The molecule has 0 aromatic heterocycles. The summed E-state index contributed by atoms with van der Waals surface area (Å²) in [5.41, 5.74) is 3.61. The van der Waals surface area contributed by atoms with Gasteiger partial charge in [-0.15, -0.1) is 0 Å². The molecule has 7 nitrogen and oxygen atoms in total. The summed E-state index contributed by atoms with van der Waals surface area (Å²) in [6.45, 7) is -0.172. The minimum atomic E-state index is -5.09. The molecule has 142 valence electrons. The number of benzene rings is 2. The molecule has 2 rings (SSSR count). The summed E-state index contributed by atoms with van der Waals surface area (Å²) in [7, 11) is -9.25. The van der Waals surface area contributed by atoms with Gasteiger partial charge in [-0.3, -0.25) is 0 Å². The Morgan fingerprint density at radius 1 is 0.962 bits per heavy atom. The van der Waals surface area contributed by atoms with E-state index in [9.17, 15) is 30.0 Å². The van der Waals surface area contributed by atoms with E-state index in [2.05, 4.69) is 4.72 Å². The highest BCUT2D eigenvalue weighted by Gasteiger charge is 2.38. The number of hydrogen-bond acceptors (Lipinski definition) is 5. The van der Waals surface area contributed by atoms with Gasteiger partial charge in [-0.05, 0) is 17.7 Å².